The smallest absolute Gasteiger partial charge is 0.160 e. The summed E-state index contributed by atoms with van der Waals surface area (Å²) in [7, 11) is 0. The standard InChI is InChI=1S/C17H10Cl2FNO/c18-14-9-15(19)17(22)16-13(14)7-6-12(21-16)5-4-10-2-1-3-11(20)8-10/h1-9,22H. The maximum absolute atomic E-state index is 13.1. The van der Waals surface area contributed by atoms with Crippen molar-refractivity contribution < 1.29 is 9.50 Å². The second-order valence-corrected chi connectivity index (χ2v) is 5.52. The topological polar surface area (TPSA) is 33.1 Å². The first kappa shape index (κ1) is 14.8. The molecule has 5 heteroatoms. The van der Waals surface area contributed by atoms with Gasteiger partial charge in [-0.1, -0.05) is 41.4 Å². The summed E-state index contributed by atoms with van der Waals surface area (Å²) in [4.78, 5) is 4.33. The van der Waals surface area contributed by atoms with Crippen molar-refractivity contribution in [3.63, 3.8) is 0 Å². The Morgan fingerprint density at radius 3 is 2.59 bits per heavy atom. The second-order valence-electron chi connectivity index (χ2n) is 4.71. The number of halogens is 3. The Labute approximate surface area is 136 Å². The SMILES string of the molecule is Oc1c(Cl)cc(Cl)c2ccc(C=Cc3cccc(F)c3)nc12. The molecule has 0 spiro atoms. The van der Waals surface area contributed by atoms with E-state index in [1.807, 2.05) is 0 Å². The van der Waals surface area contributed by atoms with Gasteiger partial charge in [-0.15, -0.1) is 0 Å². The van der Waals surface area contributed by atoms with E-state index in [0.717, 1.165) is 5.56 Å². The van der Waals surface area contributed by atoms with Crippen LogP contribution in [0.5, 0.6) is 5.75 Å². The first-order chi connectivity index (χ1) is 10.5. The molecule has 0 bridgehead atoms. The summed E-state index contributed by atoms with van der Waals surface area (Å²) in [6, 6.07) is 11.2. The van der Waals surface area contributed by atoms with Crippen LogP contribution in [0.4, 0.5) is 4.39 Å². The van der Waals surface area contributed by atoms with Crippen LogP contribution >= 0.6 is 23.2 Å². The number of rotatable bonds is 2. The molecule has 1 heterocycles. The molecular formula is C17H10Cl2FNO. The minimum absolute atomic E-state index is 0.109. The zero-order valence-corrected chi connectivity index (χ0v) is 12.7. The van der Waals surface area contributed by atoms with Gasteiger partial charge < -0.3 is 5.11 Å². The molecule has 3 aromatic rings. The lowest BCUT2D eigenvalue weighted by molar-refractivity contribution is 0.480. The summed E-state index contributed by atoms with van der Waals surface area (Å²) in [5, 5.41) is 11.2. The Bertz CT molecular complexity index is 893. The Morgan fingerprint density at radius 1 is 1.00 bits per heavy atom. The number of hydrogen-bond acceptors (Lipinski definition) is 2. The highest BCUT2D eigenvalue weighted by molar-refractivity contribution is 6.39. The lowest BCUT2D eigenvalue weighted by Crippen LogP contribution is -1.86. The largest absolute Gasteiger partial charge is 0.504 e. The Balaban J connectivity index is 2.04. The highest BCUT2D eigenvalue weighted by atomic mass is 35.5. The lowest BCUT2D eigenvalue weighted by atomic mass is 10.1. The third-order valence-corrected chi connectivity index (χ3v) is 3.77. The number of hydrogen-bond donors (Lipinski definition) is 1. The van der Waals surface area contributed by atoms with E-state index in [2.05, 4.69) is 4.98 Å². The first-order valence-corrected chi connectivity index (χ1v) is 7.21. The third kappa shape index (κ3) is 2.91. The molecule has 110 valence electrons. The number of aromatic hydroxyl groups is 1. The van der Waals surface area contributed by atoms with Gasteiger partial charge in [0.1, 0.15) is 11.3 Å². The van der Waals surface area contributed by atoms with Crippen LogP contribution in [0.3, 0.4) is 0 Å². The highest BCUT2D eigenvalue weighted by Gasteiger charge is 2.10. The summed E-state index contributed by atoms with van der Waals surface area (Å²) >= 11 is 12.0. The van der Waals surface area contributed by atoms with E-state index in [-0.39, 0.29) is 16.6 Å². The Kier molecular flexibility index (Phi) is 4.01. The zero-order chi connectivity index (χ0) is 15.7. The van der Waals surface area contributed by atoms with Crippen LogP contribution in [0.2, 0.25) is 10.0 Å². The summed E-state index contributed by atoms with van der Waals surface area (Å²) in [5.41, 5.74) is 1.65. The first-order valence-electron chi connectivity index (χ1n) is 6.46. The zero-order valence-electron chi connectivity index (χ0n) is 11.2. The van der Waals surface area contributed by atoms with Crippen LogP contribution in [-0.4, -0.2) is 10.1 Å². The van der Waals surface area contributed by atoms with Gasteiger partial charge in [0.05, 0.1) is 15.7 Å². The molecule has 0 saturated carbocycles. The molecule has 0 atom stereocenters. The normalized spacial score (nSPS) is 11.4. The molecule has 0 saturated heterocycles. The fourth-order valence-corrected chi connectivity index (χ4v) is 2.62. The molecule has 0 unspecified atom stereocenters. The summed E-state index contributed by atoms with van der Waals surface area (Å²) in [5.74, 6) is -0.410. The van der Waals surface area contributed by atoms with Gasteiger partial charge in [-0.3, -0.25) is 0 Å². The van der Waals surface area contributed by atoms with Gasteiger partial charge in [-0.05, 0) is 42.0 Å². The molecule has 2 nitrogen and oxygen atoms in total. The van der Waals surface area contributed by atoms with Crippen molar-refractivity contribution in [3.05, 3.63) is 69.6 Å². The number of phenolic OH excluding ortho intramolecular Hbond substituents is 1. The minimum atomic E-state index is -0.301. The van der Waals surface area contributed by atoms with Crippen LogP contribution < -0.4 is 0 Å². The van der Waals surface area contributed by atoms with E-state index in [1.54, 1.807) is 36.4 Å². The highest BCUT2D eigenvalue weighted by Crippen LogP contribution is 2.36. The van der Waals surface area contributed by atoms with Gasteiger partial charge in [0.2, 0.25) is 0 Å². The van der Waals surface area contributed by atoms with E-state index in [0.29, 0.717) is 21.6 Å². The number of benzene rings is 2. The van der Waals surface area contributed by atoms with E-state index in [9.17, 15) is 9.50 Å². The number of fused-ring (bicyclic) bond motifs is 1. The monoisotopic (exact) mass is 333 g/mol. The second kappa shape index (κ2) is 5.95. The molecule has 2 aromatic carbocycles. The molecular weight excluding hydrogens is 324 g/mol. The summed E-state index contributed by atoms with van der Waals surface area (Å²) in [6.45, 7) is 0. The molecule has 0 fully saturated rings. The van der Waals surface area contributed by atoms with Crippen LogP contribution in [0.1, 0.15) is 11.3 Å². The minimum Gasteiger partial charge on any atom is -0.504 e. The average molecular weight is 334 g/mol. The molecule has 0 aliphatic heterocycles. The predicted octanol–water partition coefficient (Wildman–Crippen LogP) is 5.56. The van der Waals surface area contributed by atoms with Crippen LogP contribution in [0.15, 0.2) is 42.5 Å². The van der Waals surface area contributed by atoms with Gasteiger partial charge in [-0.25, -0.2) is 9.37 Å². The number of phenols is 1. The maximum Gasteiger partial charge on any atom is 0.160 e. The van der Waals surface area contributed by atoms with Crippen molar-refractivity contribution in [3.8, 4) is 5.75 Å². The van der Waals surface area contributed by atoms with Crippen molar-refractivity contribution in [2.45, 2.75) is 0 Å². The van der Waals surface area contributed by atoms with Gasteiger partial charge in [0, 0.05) is 5.39 Å². The predicted molar refractivity (Wildman–Crippen MR) is 88.8 cm³/mol. The Hall–Kier alpha value is -2.10. The van der Waals surface area contributed by atoms with E-state index < -0.39 is 0 Å². The molecule has 0 amide bonds. The average Bonchev–Trinajstić information content (AvgIpc) is 2.50. The van der Waals surface area contributed by atoms with E-state index in [1.165, 1.54) is 18.2 Å². The molecule has 1 N–H and O–H groups in total. The quantitative estimate of drug-likeness (QED) is 0.666. The van der Waals surface area contributed by atoms with Gasteiger partial charge >= 0.3 is 0 Å². The number of aromatic nitrogens is 1. The van der Waals surface area contributed by atoms with Crippen LogP contribution in [-0.2, 0) is 0 Å². The molecule has 0 radical (unpaired) electrons. The molecule has 0 aliphatic carbocycles. The van der Waals surface area contributed by atoms with Gasteiger partial charge in [0.25, 0.3) is 0 Å². The number of pyridine rings is 1. The fourth-order valence-electron chi connectivity index (χ4n) is 2.10. The Morgan fingerprint density at radius 2 is 1.82 bits per heavy atom. The molecule has 22 heavy (non-hydrogen) atoms. The van der Waals surface area contributed by atoms with Crippen LogP contribution in [0, 0.1) is 5.82 Å². The van der Waals surface area contributed by atoms with Crippen molar-refractivity contribution in [2.24, 2.45) is 0 Å². The van der Waals surface area contributed by atoms with Crippen LogP contribution in [0.25, 0.3) is 23.1 Å². The fraction of sp³-hybridized carbons (Fsp3) is 0. The summed E-state index contributed by atoms with van der Waals surface area (Å²) in [6.07, 6.45) is 3.46. The lowest BCUT2D eigenvalue weighted by Gasteiger charge is -2.05. The van der Waals surface area contributed by atoms with Crippen molar-refractivity contribution >= 4 is 46.3 Å². The number of nitrogens with zero attached hydrogens (tertiary/aromatic N) is 1. The van der Waals surface area contributed by atoms with E-state index >= 15 is 0 Å². The van der Waals surface area contributed by atoms with Crippen molar-refractivity contribution in [1.29, 1.82) is 0 Å². The maximum atomic E-state index is 13.1. The van der Waals surface area contributed by atoms with Crippen molar-refractivity contribution in [2.75, 3.05) is 0 Å². The molecule has 1 aromatic heterocycles. The van der Waals surface area contributed by atoms with Crippen molar-refractivity contribution in [1.82, 2.24) is 4.98 Å². The molecule has 0 aliphatic rings. The van der Waals surface area contributed by atoms with Gasteiger partial charge in [0.15, 0.2) is 5.75 Å². The van der Waals surface area contributed by atoms with Gasteiger partial charge in [-0.2, -0.15) is 0 Å². The van der Waals surface area contributed by atoms with E-state index in [4.69, 9.17) is 23.2 Å². The molecule has 3 rings (SSSR count). The third-order valence-electron chi connectivity index (χ3n) is 3.17. The summed E-state index contributed by atoms with van der Waals surface area (Å²) < 4.78 is 13.1.